The molecule has 1 saturated carbocycles. The van der Waals surface area contributed by atoms with Gasteiger partial charge in [-0.2, -0.15) is 10.1 Å². The zero-order valence-electron chi connectivity index (χ0n) is 16.8. The van der Waals surface area contributed by atoms with Crippen molar-refractivity contribution >= 4 is 46.2 Å². The van der Waals surface area contributed by atoms with Crippen LogP contribution in [0.5, 0.6) is 0 Å². The first-order valence-electron chi connectivity index (χ1n) is 10.1. The predicted octanol–water partition coefficient (Wildman–Crippen LogP) is 3.95. The first kappa shape index (κ1) is 19.8. The molecule has 0 bridgehead atoms. The van der Waals surface area contributed by atoms with E-state index in [0.29, 0.717) is 53.0 Å². The van der Waals surface area contributed by atoms with E-state index in [1.165, 1.54) is 4.90 Å². The molecule has 1 aliphatic carbocycles. The number of amides is 1. The number of aromatic amines is 1. The van der Waals surface area contributed by atoms with Gasteiger partial charge in [-0.25, -0.2) is 14.2 Å². The van der Waals surface area contributed by atoms with Crippen molar-refractivity contribution in [1.82, 2.24) is 25.1 Å². The third-order valence-electron chi connectivity index (χ3n) is 5.76. The SMILES string of the molecule is C[C@@H]1CN(c2nc(Nc3n[nH]c(C4CC4)c3F)c3cc(Cl)ccc3n2)CCN1C(=O)O. The fourth-order valence-corrected chi connectivity index (χ4v) is 4.10. The van der Waals surface area contributed by atoms with Crippen LogP contribution >= 0.6 is 11.6 Å². The number of halogens is 2. The molecular weight excluding hydrogens is 425 g/mol. The van der Waals surface area contributed by atoms with Gasteiger partial charge in [-0.1, -0.05) is 11.6 Å². The number of piperazine rings is 1. The van der Waals surface area contributed by atoms with Crippen molar-refractivity contribution < 1.29 is 14.3 Å². The number of hydrogen-bond acceptors (Lipinski definition) is 6. The summed E-state index contributed by atoms with van der Waals surface area (Å²) in [7, 11) is 0. The summed E-state index contributed by atoms with van der Waals surface area (Å²) in [6.45, 7) is 3.10. The van der Waals surface area contributed by atoms with E-state index < -0.39 is 11.9 Å². The quantitative estimate of drug-likeness (QED) is 0.557. The summed E-state index contributed by atoms with van der Waals surface area (Å²) in [6.07, 6.45) is 0.967. The zero-order valence-corrected chi connectivity index (χ0v) is 17.5. The van der Waals surface area contributed by atoms with Crippen molar-refractivity contribution in [3.63, 3.8) is 0 Å². The number of carbonyl (C=O) groups is 1. The molecule has 3 N–H and O–H groups in total. The maximum absolute atomic E-state index is 14.8. The molecule has 1 amide bonds. The van der Waals surface area contributed by atoms with Crippen LogP contribution in [0, 0.1) is 5.82 Å². The Labute approximate surface area is 182 Å². The second kappa shape index (κ2) is 7.52. The van der Waals surface area contributed by atoms with Crippen molar-refractivity contribution in [2.45, 2.75) is 31.7 Å². The van der Waals surface area contributed by atoms with Crippen LogP contribution in [0.3, 0.4) is 0 Å². The minimum Gasteiger partial charge on any atom is -0.465 e. The number of anilines is 3. The second-order valence-corrected chi connectivity index (χ2v) is 8.44. The van der Waals surface area contributed by atoms with Gasteiger partial charge in [0, 0.05) is 42.0 Å². The lowest BCUT2D eigenvalue weighted by Crippen LogP contribution is -2.54. The Morgan fingerprint density at radius 3 is 2.81 bits per heavy atom. The monoisotopic (exact) mass is 445 g/mol. The largest absolute Gasteiger partial charge is 0.465 e. The number of carboxylic acid groups (broad SMARTS) is 1. The number of fused-ring (bicyclic) bond motifs is 1. The van der Waals surface area contributed by atoms with Crippen LogP contribution in [0.15, 0.2) is 18.2 Å². The van der Waals surface area contributed by atoms with E-state index in [4.69, 9.17) is 11.6 Å². The molecular formula is C20H21ClFN7O2. The number of nitrogens with one attached hydrogen (secondary N) is 2. The normalized spacial score (nSPS) is 19.1. The summed E-state index contributed by atoms with van der Waals surface area (Å²) in [4.78, 5) is 24.0. The molecule has 1 saturated heterocycles. The molecule has 1 aliphatic heterocycles. The Morgan fingerprint density at radius 1 is 1.29 bits per heavy atom. The third-order valence-corrected chi connectivity index (χ3v) is 5.99. The van der Waals surface area contributed by atoms with Crippen molar-refractivity contribution in [3.8, 4) is 0 Å². The number of hydrogen-bond donors (Lipinski definition) is 3. The van der Waals surface area contributed by atoms with Crippen LogP contribution < -0.4 is 10.2 Å². The minimum absolute atomic E-state index is 0.0805. The molecule has 2 fully saturated rings. The van der Waals surface area contributed by atoms with Crippen LogP contribution in [-0.2, 0) is 0 Å². The molecule has 2 aliphatic rings. The van der Waals surface area contributed by atoms with Gasteiger partial charge < -0.3 is 20.2 Å². The first-order chi connectivity index (χ1) is 14.9. The van der Waals surface area contributed by atoms with Gasteiger partial charge in [0.1, 0.15) is 5.82 Å². The lowest BCUT2D eigenvalue weighted by Gasteiger charge is -2.38. The summed E-state index contributed by atoms with van der Waals surface area (Å²) in [5.41, 5.74) is 1.15. The maximum atomic E-state index is 14.8. The van der Waals surface area contributed by atoms with Crippen LogP contribution in [0.2, 0.25) is 5.02 Å². The predicted molar refractivity (Wildman–Crippen MR) is 115 cm³/mol. The molecule has 0 spiro atoms. The smallest absolute Gasteiger partial charge is 0.407 e. The van der Waals surface area contributed by atoms with Crippen molar-refractivity contribution in [2.75, 3.05) is 29.9 Å². The number of aromatic nitrogens is 4. The topological polar surface area (TPSA) is 110 Å². The van der Waals surface area contributed by atoms with Gasteiger partial charge in [0.25, 0.3) is 0 Å². The van der Waals surface area contributed by atoms with Gasteiger partial charge in [-0.05, 0) is 38.0 Å². The van der Waals surface area contributed by atoms with E-state index >= 15 is 0 Å². The zero-order chi connectivity index (χ0) is 21.7. The molecule has 5 rings (SSSR count). The minimum atomic E-state index is -0.941. The van der Waals surface area contributed by atoms with E-state index in [1.54, 1.807) is 18.2 Å². The average molecular weight is 446 g/mol. The molecule has 9 nitrogen and oxygen atoms in total. The molecule has 3 heterocycles. The average Bonchev–Trinajstić information content (AvgIpc) is 3.52. The fourth-order valence-electron chi connectivity index (χ4n) is 3.93. The summed E-state index contributed by atoms with van der Waals surface area (Å²) < 4.78 is 14.8. The molecule has 3 aromatic rings. The van der Waals surface area contributed by atoms with Gasteiger partial charge in [0.05, 0.1) is 11.2 Å². The molecule has 0 unspecified atom stereocenters. The van der Waals surface area contributed by atoms with Crippen LogP contribution in [0.4, 0.5) is 26.8 Å². The standard InChI is InChI=1S/C20H21ClFN7O2/c1-10-9-28(6-7-29(10)20(30)31)19-23-14-5-4-12(21)8-13(14)17(25-19)24-18-15(22)16(26-27-18)11-2-3-11/h4-5,8,10-11H,2-3,6-7,9H2,1H3,(H,30,31)(H2,23,24,25,26,27)/t10-/m1/s1. The second-order valence-electron chi connectivity index (χ2n) is 8.00. The fraction of sp³-hybridized carbons (Fsp3) is 0.400. The highest BCUT2D eigenvalue weighted by Crippen LogP contribution is 2.41. The number of nitrogens with zero attached hydrogens (tertiary/aromatic N) is 5. The summed E-state index contributed by atoms with van der Waals surface area (Å²) in [5, 5.41) is 20.4. The van der Waals surface area contributed by atoms with Gasteiger partial charge >= 0.3 is 6.09 Å². The molecule has 11 heteroatoms. The molecule has 1 atom stereocenters. The lowest BCUT2D eigenvalue weighted by atomic mass is 10.2. The highest BCUT2D eigenvalue weighted by atomic mass is 35.5. The molecule has 0 radical (unpaired) electrons. The number of rotatable bonds is 4. The highest BCUT2D eigenvalue weighted by Gasteiger charge is 2.31. The summed E-state index contributed by atoms with van der Waals surface area (Å²) >= 11 is 6.18. The Kier molecular flexibility index (Phi) is 4.81. The highest BCUT2D eigenvalue weighted by molar-refractivity contribution is 6.31. The van der Waals surface area contributed by atoms with E-state index in [-0.39, 0.29) is 17.8 Å². The summed E-state index contributed by atoms with van der Waals surface area (Å²) in [6, 6.07) is 5.02. The van der Waals surface area contributed by atoms with E-state index in [2.05, 4.69) is 25.5 Å². The Bertz CT molecular complexity index is 1170. The van der Waals surface area contributed by atoms with Crippen LogP contribution in [-0.4, -0.2) is 61.9 Å². The first-order valence-corrected chi connectivity index (χ1v) is 10.5. The Morgan fingerprint density at radius 2 is 2.10 bits per heavy atom. The van der Waals surface area contributed by atoms with E-state index in [0.717, 1.165) is 12.8 Å². The van der Waals surface area contributed by atoms with Gasteiger partial charge in [0.2, 0.25) is 5.95 Å². The van der Waals surface area contributed by atoms with Crippen LogP contribution in [0.25, 0.3) is 10.9 Å². The van der Waals surface area contributed by atoms with Crippen LogP contribution in [0.1, 0.15) is 31.4 Å². The van der Waals surface area contributed by atoms with Gasteiger partial charge in [0.15, 0.2) is 11.6 Å². The molecule has 162 valence electrons. The maximum Gasteiger partial charge on any atom is 0.407 e. The van der Waals surface area contributed by atoms with Crippen molar-refractivity contribution in [2.24, 2.45) is 0 Å². The van der Waals surface area contributed by atoms with E-state index in [1.807, 2.05) is 11.8 Å². The number of benzene rings is 1. The molecule has 2 aromatic heterocycles. The van der Waals surface area contributed by atoms with E-state index in [9.17, 15) is 14.3 Å². The molecule has 1 aromatic carbocycles. The Hall–Kier alpha value is -3.14. The summed E-state index contributed by atoms with van der Waals surface area (Å²) in [5.74, 6) is 0.705. The van der Waals surface area contributed by atoms with Gasteiger partial charge in [-0.15, -0.1) is 0 Å². The molecule has 31 heavy (non-hydrogen) atoms. The third kappa shape index (κ3) is 3.71. The number of H-pyrrole nitrogens is 1. The van der Waals surface area contributed by atoms with Gasteiger partial charge in [-0.3, -0.25) is 5.10 Å². The lowest BCUT2D eigenvalue weighted by molar-refractivity contribution is 0.122. The Balaban J connectivity index is 1.51. The van der Waals surface area contributed by atoms with Crippen molar-refractivity contribution in [3.05, 3.63) is 34.7 Å². The van der Waals surface area contributed by atoms with Crippen molar-refractivity contribution in [1.29, 1.82) is 0 Å².